The number of ketones is 1. The number of imidazole rings is 1. The molecule has 0 spiro atoms. The van der Waals surface area contributed by atoms with Gasteiger partial charge in [0.2, 0.25) is 0 Å². The highest BCUT2D eigenvalue weighted by Crippen LogP contribution is 2.36. The van der Waals surface area contributed by atoms with Crippen molar-refractivity contribution >= 4 is 17.8 Å². The number of aliphatic carboxylic acids is 1. The number of hydrogen-bond donors (Lipinski definition) is 1. The molecule has 28 heavy (non-hydrogen) atoms. The topological polar surface area (TPSA) is 81.4 Å². The Labute approximate surface area is 165 Å². The van der Waals surface area contributed by atoms with E-state index in [0.29, 0.717) is 11.3 Å². The zero-order valence-corrected chi connectivity index (χ0v) is 17.3. The maximum Gasteiger partial charge on any atom is 0.331 e. The molecule has 150 valence electrons. The summed E-state index contributed by atoms with van der Waals surface area (Å²) < 4.78 is 7.36. The van der Waals surface area contributed by atoms with Gasteiger partial charge < -0.3 is 19.2 Å². The van der Waals surface area contributed by atoms with Crippen molar-refractivity contribution in [1.29, 1.82) is 0 Å². The number of carboxylic acid groups (broad SMARTS) is 1. The van der Waals surface area contributed by atoms with Gasteiger partial charge in [-0.15, -0.1) is 0 Å². The number of nitrogens with zero attached hydrogens (tertiary/aromatic N) is 2. The van der Waals surface area contributed by atoms with Crippen LogP contribution in [0.1, 0.15) is 45.4 Å². The zero-order chi connectivity index (χ0) is 21.1. The highest BCUT2D eigenvalue weighted by Gasteiger charge is 2.32. The van der Waals surface area contributed by atoms with Gasteiger partial charge in [0.1, 0.15) is 11.5 Å². The first kappa shape index (κ1) is 21.4. The molecule has 1 aromatic carbocycles. The Morgan fingerprint density at radius 1 is 1.32 bits per heavy atom. The van der Waals surface area contributed by atoms with Gasteiger partial charge in [-0.05, 0) is 43.0 Å². The minimum atomic E-state index is -1.02. The van der Waals surface area contributed by atoms with Crippen molar-refractivity contribution in [3.63, 3.8) is 0 Å². The fourth-order valence-corrected chi connectivity index (χ4v) is 3.21. The van der Waals surface area contributed by atoms with E-state index in [1.54, 1.807) is 25.6 Å². The van der Waals surface area contributed by atoms with E-state index in [0.717, 1.165) is 11.4 Å². The number of Topliss-reactive ketones (excluding diaryl/α,β-unsaturated/α-hetero) is 1. The summed E-state index contributed by atoms with van der Waals surface area (Å²) >= 11 is 0. The lowest BCUT2D eigenvalue weighted by Crippen LogP contribution is -2.28. The summed E-state index contributed by atoms with van der Waals surface area (Å²) in [6, 6.07) is 5.49. The lowest BCUT2D eigenvalue weighted by Gasteiger charge is -2.30. The largest absolute Gasteiger partial charge is 0.495 e. The second-order valence-electron chi connectivity index (χ2n) is 8.08. The van der Waals surface area contributed by atoms with Crippen LogP contribution in [0.3, 0.4) is 0 Å². The van der Waals surface area contributed by atoms with Crippen LogP contribution >= 0.6 is 0 Å². The summed E-state index contributed by atoms with van der Waals surface area (Å²) in [6.45, 7) is 9.23. The summed E-state index contributed by atoms with van der Waals surface area (Å²) in [7, 11) is 1.57. The van der Waals surface area contributed by atoms with Gasteiger partial charge in [0.05, 0.1) is 24.8 Å². The number of carboxylic acids is 1. The Kier molecular flexibility index (Phi) is 6.44. The van der Waals surface area contributed by atoms with Crippen LogP contribution in [-0.4, -0.2) is 33.5 Å². The molecule has 1 N–H and O–H groups in total. The number of rotatable bonds is 7. The van der Waals surface area contributed by atoms with Crippen LogP contribution < -0.4 is 4.74 Å². The molecule has 1 aromatic heterocycles. The van der Waals surface area contributed by atoms with Gasteiger partial charge >= 0.3 is 5.97 Å². The average molecular weight is 384 g/mol. The van der Waals surface area contributed by atoms with E-state index in [1.807, 2.05) is 50.6 Å². The van der Waals surface area contributed by atoms with E-state index in [-0.39, 0.29) is 23.2 Å². The molecule has 0 aliphatic heterocycles. The molecule has 0 amide bonds. The number of hydrogen-bond acceptors (Lipinski definition) is 4. The Morgan fingerprint density at radius 2 is 2.00 bits per heavy atom. The van der Waals surface area contributed by atoms with Gasteiger partial charge in [0.15, 0.2) is 0 Å². The van der Waals surface area contributed by atoms with Gasteiger partial charge in [-0.25, -0.2) is 9.78 Å². The number of carbonyl (C=O) groups excluding carboxylic acids is 1. The third-order valence-corrected chi connectivity index (χ3v) is 4.68. The van der Waals surface area contributed by atoms with Crippen LogP contribution in [-0.2, 0) is 9.59 Å². The summed E-state index contributed by atoms with van der Waals surface area (Å²) in [5.41, 5.74) is 2.25. The molecule has 1 unspecified atom stereocenters. The molecule has 0 radical (unpaired) electrons. The predicted molar refractivity (Wildman–Crippen MR) is 109 cm³/mol. The second kappa shape index (κ2) is 8.42. The Morgan fingerprint density at radius 3 is 2.46 bits per heavy atom. The summed E-state index contributed by atoms with van der Waals surface area (Å²) in [6.07, 6.45) is 5.41. The van der Waals surface area contributed by atoms with Crippen LogP contribution in [0.15, 0.2) is 36.3 Å². The first-order valence-corrected chi connectivity index (χ1v) is 9.16. The molecular formula is C22H28N2O4. The van der Waals surface area contributed by atoms with E-state index >= 15 is 0 Å². The molecule has 2 rings (SSSR count). The van der Waals surface area contributed by atoms with Crippen molar-refractivity contribution in [1.82, 2.24) is 9.55 Å². The third kappa shape index (κ3) is 5.09. The SMILES string of the molecule is COc1cc(C=C(C(=O)O)C(CC(C)=O)C(C)(C)C)ccc1-n1cnc(C)c1. The molecule has 1 heterocycles. The number of ether oxygens (including phenoxy) is 1. The lowest BCUT2D eigenvalue weighted by atomic mass is 9.73. The number of carbonyl (C=O) groups is 2. The van der Waals surface area contributed by atoms with Crippen LogP contribution in [0, 0.1) is 18.3 Å². The minimum Gasteiger partial charge on any atom is -0.495 e. The van der Waals surface area contributed by atoms with Crippen molar-refractivity contribution in [2.24, 2.45) is 11.3 Å². The monoisotopic (exact) mass is 384 g/mol. The Hall–Kier alpha value is -2.89. The maximum absolute atomic E-state index is 12.0. The quantitative estimate of drug-likeness (QED) is 0.720. The molecule has 6 nitrogen and oxygen atoms in total. The number of methoxy groups -OCH3 is 1. The van der Waals surface area contributed by atoms with Crippen molar-refractivity contribution < 1.29 is 19.4 Å². The molecule has 1 atom stereocenters. The maximum atomic E-state index is 12.0. The number of benzene rings is 1. The molecule has 0 saturated carbocycles. The second-order valence-corrected chi connectivity index (χ2v) is 8.08. The van der Waals surface area contributed by atoms with Crippen LogP contribution in [0.25, 0.3) is 11.8 Å². The predicted octanol–water partition coefficient (Wildman–Crippen LogP) is 4.30. The number of aromatic nitrogens is 2. The normalized spacial score (nSPS) is 13.3. The van der Waals surface area contributed by atoms with E-state index in [4.69, 9.17) is 4.74 Å². The Bertz CT molecular complexity index is 904. The van der Waals surface area contributed by atoms with E-state index in [9.17, 15) is 14.7 Å². The molecule has 0 fully saturated rings. The van der Waals surface area contributed by atoms with E-state index in [2.05, 4.69) is 4.98 Å². The minimum absolute atomic E-state index is 0.0320. The van der Waals surface area contributed by atoms with Gasteiger partial charge in [-0.3, -0.25) is 0 Å². The van der Waals surface area contributed by atoms with E-state index < -0.39 is 11.9 Å². The van der Waals surface area contributed by atoms with Crippen LogP contribution in [0.5, 0.6) is 5.75 Å². The van der Waals surface area contributed by atoms with Gasteiger partial charge in [-0.1, -0.05) is 26.8 Å². The highest BCUT2D eigenvalue weighted by molar-refractivity contribution is 5.94. The van der Waals surface area contributed by atoms with Gasteiger partial charge in [-0.2, -0.15) is 0 Å². The fraction of sp³-hybridized carbons (Fsp3) is 0.409. The van der Waals surface area contributed by atoms with E-state index in [1.165, 1.54) is 6.92 Å². The zero-order valence-electron chi connectivity index (χ0n) is 17.3. The third-order valence-electron chi connectivity index (χ3n) is 4.68. The molecule has 0 saturated heterocycles. The molecule has 2 aromatic rings. The lowest BCUT2D eigenvalue weighted by molar-refractivity contribution is -0.133. The summed E-state index contributed by atoms with van der Waals surface area (Å²) in [4.78, 5) is 28.0. The molecule has 6 heteroatoms. The van der Waals surface area contributed by atoms with Gasteiger partial charge in [0.25, 0.3) is 0 Å². The van der Waals surface area contributed by atoms with Crippen molar-refractivity contribution in [2.75, 3.05) is 7.11 Å². The fourth-order valence-electron chi connectivity index (χ4n) is 3.21. The smallest absolute Gasteiger partial charge is 0.331 e. The molecular weight excluding hydrogens is 356 g/mol. The van der Waals surface area contributed by atoms with Crippen LogP contribution in [0.2, 0.25) is 0 Å². The van der Waals surface area contributed by atoms with Crippen molar-refractivity contribution in [2.45, 2.75) is 41.0 Å². The molecule has 0 bridgehead atoms. The van der Waals surface area contributed by atoms with Crippen LogP contribution in [0.4, 0.5) is 0 Å². The molecule has 0 aliphatic carbocycles. The van der Waals surface area contributed by atoms with Crippen molar-refractivity contribution in [3.8, 4) is 11.4 Å². The highest BCUT2D eigenvalue weighted by atomic mass is 16.5. The van der Waals surface area contributed by atoms with Gasteiger partial charge in [0, 0.05) is 24.1 Å². The standard InChI is InChI=1S/C22H28N2O4/c1-14-12-24(13-23-14)19-8-7-16(11-20(19)28-6)10-17(21(26)27)18(9-15(2)25)22(3,4)5/h7-8,10-13,18H,9H2,1-6H3,(H,26,27). The average Bonchev–Trinajstić information content (AvgIpc) is 3.02. The summed E-state index contributed by atoms with van der Waals surface area (Å²) in [5.74, 6) is -0.843. The first-order valence-electron chi connectivity index (χ1n) is 9.16. The van der Waals surface area contributed by atoms with Crippen molar-refractivity contribution in [3.05, 3.63) is 47.6 Å². The molecule has 0 aliphatic rings. The Balaban J connectivity index is 2.52. The number of aryl methyl sites for hydroxylation is 1. The summed E-state index contributed by atoms with van der Waals surface area (Å²) in [5, 5.41) is 9.82. The first-order chi connectivity index (χ1) is 13.0.